The molecule has 1 heterocycles. The summed E-state index contributed by atoms with van der Waals surface area (Å²) in [6, 6.07) is 9.73. The first-order valence-corrected chi connectivity index (χ1v) is 7.02. The van der Waals surface area contributed by atoms with Crippen molar-refractivity contribution in [3.8, 4) is 5.75 Å². The van der Waals surface area contributed by atoms with E-state index >= 15 is 0 Å². The summed E-state index contributed by atoms with van der Waals surface area (Å²) in [5.74, 6) is 0.809. The number of nitrogens with zero attached hydrogens (tertiary/aromatic N) is 2. The Bertz CT molecular complexity index is 620. The lowest BCUT2D eigenvalue weighted by Crippen LogP contribution is -2.26. The molecule has 1 aromatic carbocycles. The molecule has 0 atom stereocenters. The molecule has 1 amide bonds. The van der Waals surface area contributed by atoms with Crippen molar-refractivity contribution < 1.29 is 9.53 Å². The Labute approximate surface area is 124 Å². The number of aryl methyl sites for hydroxylation is 3. The normalized spacial score (nSPS) is 10.4. The van der Waals surface area contributed by atoms with Gasteiger partial charge >= 0.3 is 0 Å². The van der Waals surface area contributed by atoms with E-state index < -0.39 is 0 Å². The van der Waals surface area contributed by atoms with Crippen LogP contribution in [-0.4, -0.2) is 29.3 Å². The van der Waals surface area contributed by atoms with Gasteiger partial charge in [-0.05, 0) is 37.5 Å². The molecule has 2 aromatic rings. The Hall–Kier alpha value is -2.30. The Balaban J connectivity index is 1.82. The fourth-order valence-corrected chi connectivity index (χ4v) is 2.30. The topological polar surface area (TPSA) is 56.1 Å². The summed E-state index contributed by atoms with van der Waals surface area (Å²) in [5, 5.41) is 7.09. The largest absolute Gasteiger partial charge is 0.496 e. The van der Waals surface area contributed by atoms with E-state index in [9.17, 15) is 4.79 Å². The lowest BCUT2D eigenvalue weighted by molar-refractivity contribution is 0.0944. The van der Waals surface area contributed by atoms with Crippen LogP contribution in [0.15, 0.2) is 30.3 Å². The number of hydrogen-bond donors (Lipinski definition) is 1. The highest BCUT2D eigenvalue weighted by molar-refractivity contribution is 5.92. The summed E-state index contributed by atoms with van der Waals surface area (Å²) in [5.41, 5.74) is 2.59. The predicted molar refractivity (Wildman–Crippen MR) is 81.6 cm³/mol. The average molecular weight is 287 g/mol. The van der Waals surface area contributed by atoms with Crippen LogP contribution < -0.4 is 10.1 Å². The van der Waals surface area contributed by atoms with Crippen LogP contribution in [0.1, 0.15) is 28.2 Å². The number of para-hydroxylation sites is 1. The molecule has 0 aliphatic carbocycles. The van der Waals surface area contributed by atoms with Crippen LogP contribution >= 0.6 is 0 Å². The standard InChI is InChI=1S/C16H21N3O2/c1-12-11-14(19(2)18-12)16(20)17-10-6-8-13-7-4-5-9-15(13)21-3/h4-5,7,9,11H,6,8,10H2,1-3H3,(H,17,20). The highest BCUT2D eigenvalue weighted by Gasteiger charge is 2.10. The lowest BCUT2D eigenvalue weighted by Gasteiger charge is -2.08. The van der Waals surface area contributed by atoms with Gasteiger partial charge < -0.3 is 10.1 Å². The zero-order valence-corrected chi connectivity index (χ0v) is 12.7. The van der Waals surface area contributed by atoms with Gasteiger partial charge in [0.25, 0.3) is 5.91 Å². The Morgan fingerprint density at radius 2 is 2.14 bits per heavy atom. The molecule has 0 unspecified atom stereocenters. The van der Waals surface area contributed by atoms with Gasteiger partial charge in [-0.3, -0.25) is 9.48 Å². The van der Waals surface area contributed by atoms with Crippen molar-refractivity contribution in [2.24, 2.45) is 7.05 Å². The smallest absolute Gasteiger partial charge is 0.269 e. The molecule has 0 aliphatic heterocycles. The Morgan fingerprint density at radius 3 is 2.81 bits per heavy atom. The van der Waals surface area contributed by atoms with Gasteiger partial charge in [0.1, 0.15) is 11.4 Å². The molecule has 0 aliphatic rings. The summed E-state index contributed by atoms with van der Waals surface area (Å²) >= 11 is 0. The predicted octanol–water partition coefficient (Wildman–Crippen LogP) is 2.10. The van der Waals surface area contributed by atoms with Crippen molar-refractivity contribution >= 4 is 5.91 Å². The van der Waals surface area contributed by atoms with Crippen molar-refractivity contribution in [3.05, 3.63) is 47.3 Å². The molecule has 0 radical (unpaired) electrons. The molecule has 1 N–H and O–H groups in total. The van der Waals surface area contributed by atoms with Crippen LogP contribution in [0, 0.1) is 6.92 Å². The molecular formula is C16H21N3O2. The second kappa shape index (κ2) is 6.92. The van der Waals surface area contributed by atoms with E-state index in [0.717, 1.165) is 29.8 Å². The summed E-state index contributed by atoms with van der Waals surface area (Å²) in [7, 11) is 3.45. The van der Waals surface area contributed by atoms with Gasteiger partial charge in [-0.2, -0.15) is 5.10 Å². The highest BCUT2D eigenvalue weighted by atomic mass is 16.5. The number of amides is 1. The van der Waals surface area contributed by atoms with E-state index in [2.05, 4.69) is 10.4 Å². The Kier molecular flexibility index (Phi) is 4.98. The monoisotopic (exact) mass is 287 g/mol. The first-order valence-electron chi connectivity index (χ1n) is 7.02. The van der Waals surface area contributed by atoms with Crippen LogP contribution in [0.3, 0.4) is 0 Å². The molecule has 0 bridgehead atoms. The first-order chi connectivity index (χ1) is 10.1. The number of ether oxygens (including phenoxy) is 1. The molecule has 21 heavy (non-hydrogen) atoms. The van der Waals surface area contributed by atoms with Crippen LogP contribution in [0.4, 0.5) is 0 Å². The van der Waals surface area contributed by atoms with E-state index in [-0.39, 0.29) is 5.91 Å². The summed E-state index contributed by atoms with van der Waals surface area (Å²) < 4.78 is 6.91. The van der Waals surface area contributed by atoms with Gasteiger partial charge in [0.15, 0.2) is 0 Å². The molecule has 0 spiro atoms. The fourth-order valence-electron chi connectivity index (χ4n) is 2.30. The van der Waals surface area contributed by atoms with E-state index in [1.807, 2.05) is 31.2 Å². The number of methoxy groups -OCH3 is 1. The number of nitrogens with one attached hydrogen (secondary N) is 1. The number of hydrogen-bond acceptors (Lipinski definition) is 3. The molecule has 0 saturated heterocycles. The summed E-state index contributed by atoms with van der Waals surface area (Å²) in [4.78, 5) is 12.0. The maximum Gasteiger partial charge on any atom is 0.269 e. The SMILES string of the molecule is COc1ccccc1CCCNC(=O)c1cc(C)nn1C. The van der Waals surface area contributed by atoms with Gasteiger partial charge in [-0.25, -0.2) is 0 Å². The van der Waals surface area contributed by atoms with Crippen molar-refractivity contribution in [1.82, 2.24) is 15.1 Å². The number of carbonyl (C=O) groups excluding carboxylic acids is 1. The van der Waals surface area contributed by atoms with Crippen molar-refractivity contribution in [2.75, 3.05) is 13.7 Å². The third kappa shape index (κ3) is 3.84. The number of carbonyl (C=O) groups is 1. The van der Waals surface area contributed by atoms with Crippen molar-refractivity contribution in [2.45, 2.75) is 19.8 Å². The maximum absolute atomic E-state index is 12.0. The number of rotatable bonds is 6. The minimum absolute atomic E-state index is 0.0851. The molecule has 0 saturated carbocycles. The maximum atomic E-state index is 12.0. The van der Waals surface area contributed by atoms with Gasteiger partial charge in [-0.1, -0.05) is 18.2 Å². The third-order valence-electron chi connectivity index (χ3n) is 3.34. The first kappa shape index (κ1) is 15.1. The Morgan fingerprint density at radius 1 is 1.38 bits per heavy atom. The van der Waals surface area contributed by atoms with Gasteiger partial charge in [0, 0.05) is 13.6 Å². The van der Waals surface area contributed by atoms with Crippen LogP contribution in [0.25, 0.3) is 0 Å². The molecule has 5 nitrogen and oxygen atoms in total. The fraction of sp³-hybridized carbons (Fsp3) is 0.375. The average Bonchev–Trinajstić information content (AvgIpc) is 2.82. The van der Waals surface area contributed by atoms with Crippen LogP contribution in [-0.2, 0) is 13.5 Å². The van der Waals surface area contributed by atoms with Gasteiger partial charge in [0.2, 0.25) is 0 Å². The minimum Gasteiger partial charge on any atom is -0.496 e. The van der Waals surface area contributed by atoms with Crippen LogP contribution in [0.5, 0.6) is 5.75 Å². The highest BCUT2D eigenvalue weighted by Crippen LogP contribution is 2.18. The molecule has 1 aromatic heterocycles. The minimum atomic E-state index is -0.0851. The van der Waals surface area contributed by atoms with E-state index in [1.165, 1.54) is 0 Å². The van der Waals surface area contributed by atoms with E-state index in [1.54, 1.807) is 24.9 Å². The number of benzene rings is 1. The molecular weight excluding hydrogens is 266 g/mol. The third-order valence-corrected chi connectivity index (χ3v) is 3.34. The van der Waals surface area contributed by atoms with E-state index in [0.29, 0.717) is 12.2 Å². The summed E-state index contributed by atoms with van der Waals surface area (Å²) in [6.07, 6.45) is 1.73. The van der Waals surface area contributed by atoms with Gasteiger partial charge in [0.05, 0.1) is 12.8 Å². The molecule has 5 heteroatoms. The van der Waals surface area contributed by atoms with Crippen molar-refractivity contribution in [1.29, 1.82) is 0 Å². The molecule has 0 fully saturated rings. The second-order valence-electron chi connectivity index (χ2n) is 4.97. The zero-order chi connectivity index (χ0) is 15.2. The molecule has 112 valence electrons. The quantitative estimate of drug-likeness (QED) is 0.828. The van der Waals surface area contributed by atoms with Crippen LogP contribution in [0.2, 0.25) is 0 Å². The van der Waals surface area contributed by atoms with Crippen molar-refractivity contribution in [3.63, 3.8) is 0 Å². The lowest BCUT2D eigenvalue weighted by atomic mass is 10.1. The summed E-state index contributed by atoms with van der Waals surface area (Å²) in [6.45, 7) is 2.50. The number of aromatic nitrogens is 2. The zero-order valence-electron chi connectivity index (χ0n) is 12.7. The van der Waals surface area contributed by atoms with E-state index in [4.69, 9.17) is 4.74 Å². The second-order valence-corrected chi connectivity index (χ2v) is 4.97. The molecule has 2 rings (SSSR count). The van der Waals surface area contributed by atoms with Gasteiger partial charge in [-0.15, -0.1) is 0 Å².